The zero-order valence-electron chi connectivity index (χ0n) is 6.67. The normalized spacial score (nSPS) is 10.5. The first kappa shape index (κ1) is 10.2. The Kier molecular flexibility index (Phi) is 2.93. The molecule has 0 saturated carbocycles. The summed E-state index contributed by atoms with van der Waals surface area (Å²) in [6.45, 7) is 0. The van der Waals surface area contributed by atoms with E-state index in [-0.39, 0.29) is 5.15 Å². The highest BCUT2D eigenvalue weighted by atomic mass is 35.5. The Hall–Kier alpha value is -0.350. The average molecular weight is 266 g/mol. The molecule has 0 amide bonds. The molecule has 0 aliphatic rings. The maximum atomic E-state index is 5.81. The average Bonchev–Trinajstić information content (AvgIpc) is 2.57. The maximum Gasteiger partial charge on any atom is 0.170 e. The van der Waals surface area contributed by atoms with E-state index in [2.05, 4.69) is 10.2 Å². The largest absolute Gasteiger partial charge is 0.170 e. The van der Waals surface area contributed by atoms with Gasteiger partial charge in [-0.05, 0) is 18.2 Å². The highest BCUT2D eigenvalue weighted by Gasteiger charge is 2.06. The van der Waals surface area contributed by atoms with Crippen LogP contribution in [0.3, 0.4) is 0 Å². The zero-order chi connectivity index (χ0) is 10.1. The van der Waals surface area contributed by atoms with Gasteiger partial charge in [0.25, 0.3) is 0 Å². The van der Waals surface area contributed by atoms with Gasteiger partial charge in [-0.3, -0.25) is 0 Å². The molecule has 0 aromatic carbocycles. The molecule has 0 spiro atoms. The Morgan fingerprint density at radius 1 is 1.07 bits per heavy atom. The maximum absolute atomic E-state index is 5.81. The van der Waals surface area contributed by atoms with Gasteiger partial charge in [0.15, 0.2) is 5.15 Å². The highest BCUT2D eigenvalue weighted by Crippen LogP contribution is 2.31. The molecule has 0 fully saturated rings. The minimum Gasteiger partial charge on any atom is -0.148 e. The molecular weight excluding hydrogens is 263 g/mol. The summed E-state index contributed by atoms with van der Waals surface area (Å²) in [7, 11) is 0. The van der Waals surface area contributed by atoms with Crippen molar-refractivity contribution in [3.63, 3.8) is 0 Å². The summed E-state index contributed by atoms with van der Waals surface area (Å²) in [4.78, 5) is 0.918. The van der Waals surface area contributed by atoms with Crippen LogP contribution in [0, 0.1) is 0 Å². The molecule has 0 N–H and O–H groups in total. The van der Waals surface area contributed by atoms with E-state index in [1.165, 1.54) is 11.3 Å². The predicted octanol–water partition coefficient (Wildman–Crippen LogP) is 4.17. The molecule has 0 aliphatic heterocycles. The second-order valence-electron chi connectivity index (χ2n) is 2.47. The third-order valence-electron chi connectivity index (χ3n) is 1.53. The number of hydrogen-bond acceptors (Lipinski definition) is 3. The molecule has 0 bridgehead atoms. The third kappa shape index (κ3) is 2.01. The Morgan fingerprint density at radius 3 is 2.43 bits per heavy atom. The van der Waals surface area contributed by atoms with Gasteiger partial charge in [0.05, 0.1) is 14.2 Å². The van der Waals surface area contributed by atoms with Crippen molar-refractivity contribution in [3.8, 4) is 10.6 Å². The lowest BCUT2D eigenvalue weighted by Gasteiger charge is -1.96. The van der Waals surface area contributed by atoms with Crippen LogP contribution in [0.25, 0.3) is 10.6 Å². The quantitative estimate of drug-likeness (QED) is 0.773. The summed E-state index contributed by atoms with van der Waals surface area (Å²) >= 11 is 18.7. The first-order chi connectivity index (χ1) is 6.66. The fourth-order valence-corrected chi connectivity index (χ4v) is 2.16. The van der Waals surface area contributed by atoms with Crippen molar-refractivity contribution in [3.05, 3.63) is 32.7 Å². The molecule has 2 aromatic heterocycles. The van der Waals surface area contributed by atoms with Crippen molar-refractivity contribution < 1.29 is 0 Å². The molecular formula is C8H3Cl3N2S. The van der Waals surface area contributed by atoms with Gasteiger partial charge in [0, 0.05) is 0 Å². The first-order valence-electron chi connectivity index (χ1n) is 3.61. The van der Waals surface area contributed by atoms with Gasteiger partial charge in [0.2, 0.25) is 0 Å². The summed E-state index contributed by atoms with van der Waals surface area (Å²) in [6.07, 6.45) is 0. The van der Waals surface area contributed by atoms with Crippen LogP contribution in [0.4, 0.5) is 0 Å². The summed E-state index contributed by atoms with van der Waals surface area (Å²) in [6, 6.07) is 5.33. The van der Waals surface area contributed by atoms with Gasteiger partial charge in [-0.25, -0.2) is 0 Å². The lowest BCUT2D eigenvalue weighted by atomic mass is 10.3. The minimum atomic E-state index is 0.207. The van der Waals surface area contributed by atoms with E-state index in [1.807, 2.05) is 6.07 Å². The SMILES string of the molecule is Clc1ccc(-c2cc(Cl)c(Cl)nn2)s1. The molecule has 2 aromatic rings. The molecule has 0 radical (unpaired) electrons. The van der Waals surface area contributed by atoms with E-state index in [4.69, 9.17) is 34.8 Å². The third-order valence-corrected chi connectivity index (χ3v) is 3.45. The number of halogens is 3. The van der Waals surface area contributed by atoms with Gasteiger partial charge < -0.3 is 0 Å². The topological polar surface area (TPSA) is 25.8 Å². The second-order valence-corrected chi connectivity index (χ2v) is 4.95. The van der Waals surface area contributed by atoms with Crippen LogP contribution in [0.15, 0.2) is 18.2 Å². The summed E-state index contributed by atoms with van der Waals surface area (Å²) in [5.41, 5.74) is 0.677. The summed E-state index contributed by atoms with van der Waals surface area (Å²) in [5, 5.41) is 8.22. The lowest BCUT2D eigenvalue weighted by Crippen LogP contribution is -1.86. The van der Waals surface area contributed by atoms with Crippen molar-refractivity contribution in [2.24, 2.45) is 0 Å². The number of thiophene rings is 1. The van der Waals surface area contributed by atoms with Crippen LogP contribution < -0.4 is 0 Å². The van der Waals surface area contributed by atoms with E-state index in [1.54, 1.807) is 12.1 Å². The van der Waals surface area contributed by atoms with Crippen molar-refractivity contribution in [2.45, 2.75) is 0 Å². The molecule has 0 unspecified atom stereocenters. The number of rotatable bonds is 1. The smallest absolute Gasteiger partial charge is 0.148 e. The second kappa shape index (κ2) is 4.03. The first-order valence-corrected chi connectivity index (χ1v) is 5.56. The molecule has 0 saturated heterocycles. The Bertz CT molecular complexity index is 469. The van der Waals surface area contributed by atoms with Crippen LogP contribution >= 0.6 is 46.1 Å². The van der Waals surface area contributed by atoms with Crippen molar-refractivity contribution in [1.29, 1.82) is 0 Å². The van der Waals surface area contributed by atoms with Crippen LogP contribution in [-0.2, 0) is 0 Å². The number of hydrogen-bond donors (Lipinski definition) is 0. The predicted molar refractivity (Wildman–Crippen MR) is 60.4 cm³/mol. The Balaban J connectivity index is 2.47. The fourth-order valence-electron chi connectivity index (χ4n) is 0.926. The molecule has 14 heavy (non-hydrogen) atoms. The molecule has 2 rings (SSSR count). The zero-order valence-corrected chi connectivity index (χ0v) is 9.75. The minimum absolute atomic E-state index is 0.207. The van der Waals surface area contributed by atoms with E-state index >= 15 is 0 Å². The van der Waals surface area contributed by atoms with E-state index in [0.29, 0.717) is 15.1 Å². The van der Waals surface area contributed by atoms with Gasteiger partial charge in [-0.1, -0.05) is 34.8 Å². The lowest BCUT2D eigenvalue weighted by molar-refractivity contribution is 1.04. The van der Waals surface area contributed by atoms with E-state index in [0.717, 1.165) is 4.88 Å². The van der Waals surface area contributed by atoms with Crippen LogP contribution in [0.1, 0.15) is 0 Å². The number of nitrogens with zero attached hydrogens (tertiary/aromatic N) is 2. The standard InChI is InChI=1S/C8H3Cl3N2S/c9-4-3-5(12-13-8(4)11)6-1-2-7(10)14-6/h1-3H. The Labute approximate surface area is 99.4 Å². The van der Waals surface area contributed by atoms with Crippen molar-refractivity contribution in [1.82, 2.24) is 10.2 Å². The Morgan fingerprint density at radius 2 is 1.86 bits per heavy atom. The molecule has 0 atom stereocenters. The summed E-state index contributed by atoms with van der Waals surface area (Å²) < 4.78 is 0.702. The molecule has 2 nitrogen and oxygen atoms in total. The molecule has 0 aliphatic carbocycles. The van der Waals surface area contributed by atoms with Gasteiger partial charge in [0.1, 0.15) is 5.69 Å². The monoisotopic (exact) mass is 264 g/mol. The van der Waals surface area contributed by atoms with E-state index < -0.39 is 0 Å². The van der Waals surface area contributed by atoms with Gasteiger partial charge in [-0.2, -0.15) is 0 Å². The van der Waals surface area contributed by atoms with Crippen LogP contribution in [0.2, 0.25) is 14.5 Å². The highest BCUT2D eigenvalue weighted by molar-refractivity contribution is 7.19. The fraction of sp³-hybridized carbons (Fsp3) is 0. The van der Waals surface area contributed by atoms with Crippen LogP contribution in [-0.4, -0.2) is 10.2 Å². The molecule has 6 heteroatoms. The van der Waals surface area contributed by atoms with Crippen molar-refractivity contribution in [2.75, 3.05) is 0 Å². The van der Waals surface area contributed by atoms with Gasteiger partial charge >= 0.3 is 0 Å². The molecule has 2 heterocycles. The van der Waals surface area contributed by atoms with E-state index in [9.17, 15) is 0 Å². The van der Waals surface area contributed by atoms with Gasteiger partial charge in [-0.15, -0.1) is 21.5 Å². The number of aromatic nitrogens is 2. The van der Waals surface area contributed by atoms with Crippen LogP contribution in [0.5, 0.6) is 0 Å². The summed E-state index contributed by atoms with van der Waals surface area (Å²) in [5.74, 6) is 0. The molecule has 72 valence electrons. The van der Waals surface area contributed by atoms with Crippen molar-refractivity contribution >= 4 is 46.1 Å².